The van der Waals surface area contributed by atoms with Crippen LogP contribution in [-0.2, 0) is 6.54 Å². The van der Waals surface area contributed by atoms with Crippen LogP contribution in [-0.4, -0.2) is 28.0 Å². The molecule has 3 rings (SSSR count). The summed E-state index contributed by atoms with van der Waals surface area (Å²) in [5.41, 5.74) is 2.57. The molecule has 2 aromatic rings. The Kier molecular flexibility index (Phi) is 5.39. The molecule has 3 heterocycles. The normalized spacial score (nSPS) is 16.3. The molecule has 2 aromatic heterocycles. The third-order valence-corrected chi connectivity index (χ3v) is 5.51. The molecule has 0 saturated carbocycles. The molecule has 0 aromatic carbocycles. The van der Waals surface area contributed by atoms with E-state index in [2.05, 4.69) is 31.6 Å². The van der Waals surface area contributed by atoms with Gasteiger partial charge in [-0.05, 0) is 32.9 Å². The molecule has 0 radical (unpaired) electrons. The van der Waals surface area contributed by atoms with Crippen molar-refractivity contribution in [2.75, 3.05) is 18.4 Å². The first-order valence-corrected chi connectivity index (χ1v) is 9.46. The van der Waals surface area contributed by atoms with Crippen LogP contribution in [0.2, 0.25) is 0 Å². The van der Waals surface area contributed by atoms with Gasteiger partial charge in [0.15, 0.2) is 5.13 Å². The summed E-state index contributed by atoms with van der Waals surface area (Å²) in [6, 6.07) is 2.19. The SMILES string of the molecule is Cc1csc(/C(C#N)=C/Nc2nc(CN3CCCCC3)cs2)n1. The van der Waals surface area contributed by atoms with E-state index in [0.717, 1.165) is 28.1 Å². The van der Waals surface area contributed by atoms with Crippen molar-refractivity contribution in [1.29, 1.82) is 5.26 Å². The van der Waals surface area contributed by atoms with Gasteiger partial charge in [-0.2, -0.15) is 5.26 Å². The summed E-state index contributed by atoms with van der Waals surface area (Å²) in [5, 5.41) is 18.0. The molecular formula is C16H19N5S2. The average Bonchev–Trinajstić information content (AvgIpc) is 3.19. The van der Waals surface area contributed by atoms with Gasteiger partial charge in [0.25, 0.3) is 0 Å². The molecule has 1 aliphatic rings. The first-order chi connectivity index (χ1) is 11.2. The number of aromatic nitrogens is 2. The fourth-order valence-corrected chi connectivity index (χ4v) is 3.98. The number of hydrogen-bond donors (Lipinski definition) is 1. The maximum Gasteiger partial charge on any atom is 0.186 e. The van der Waals surface area contributed by atoms with E-state index >= 15 is 0 Å². The minimum absolute atomic E-state index is 0.538. The Labute approximate surface area is 144 Å². The predicted molar refractivity (Wildman–Crippen MR) is 95.3 cm³/mol. The van der Waals surface area contributed by atoms with Gasteiger partial charge >= 0.3 is 0 Å². The summed E-state index contributed by atoms with van der Waals surface area (Å²) >= 11 is 3.05. The van der Waals surface area contributed by atoms with Crippen molar-refractivity contribution in [3.8, 4) is 6.07 Å². The Hall–Kier alpha value is -1.75. The monoisotopic (exact) mass is 345 g/mol. The topological polar surface area (TPSA) is 64.8 Å². The Morgan fingerprint density at radius 1 is 1.30 bits per heavy atom. The van der Waals surface area contributed by atoms with Crippen LogP contribution < -0.4 is 5.32 Å². The minimum Gasteiger partial charge on any atom is -0.337 e. The zero-order valence-electron chi connectivity index (χ0n) is 13.1. The highest BCUT2D eigenvalue weighted by molar-refractivity contribution is 7.13. The smallest absolute Gasteiger partial charge is 0.186 e. The van der Waals surface area contributed by atoms with Gasteiger partial charge in [0.2, 0.25) is 0 Å². The molecule has 0 spiro atoms. The Balaban J connectivity index is 1.61. The van der Waals surface area contributed by atoms with Crippen LogP contribution in [0, 0.1) is 18.3 Å². The van der Waals surface area contributed by atoms with Crippen molar-refractivity contribution in [2.24, 2.45) is 0 Å². The zero-order valence-corrected chi connectivity index (χ0v) is 14.7. The molecule has 0 atom stereocenters. The fraction of sp³-hybridized carbons (Fsp3) is 0.438. The first-order valence-electron chi connectivity index (χ1n) is 7.70. The molecule has 23 heavy (non-hydrogen) atoms. The van der Waals surface area contributed by atoms with E-state index in [-0.39, 0.29) is 0 Å². The molecule has 5 nitrogen and oxygen atoms in total. The van der Waals surface area contributed by atoms with Gasteiger partial charge in [-0.25, -0.2) is 9.97 Å². The second-order valence-corrected chi connectivity index (χ2v) is 7.31. The zero-order chi connectivity index (χ0) is 16.1. The number of piperidine rings is 1. The average molecular weight is 345 g/mol. The van der Waals surface area contributed by atoms with Crippen molar-refractivity contribution in [3.05, 3.63) is 33.4 Å². The number of nitriles is 1. The highest BCUT2D eigenvalue weighted by Crippen LogP contribution is 2.22. The van der Waals surface area contributed by atoms with Crippen molar-refractivity contribution >= 4 is 33.4 Å². The molecule has 0 bridgehead atoms. The number of allylic oxidation sites excluding steroid dienone is 1. The van der Waals surface area contributed by atoms with Gasteiger partial charge in [0.1, 0.15) is 16.6 Å². The highest BCUT2D eigenvalue weighted by Gasteiger charge is 2.12. The number of nitrogens with zero attached hydrogens (tertiary/aromatic N) is 4. The second kappa shape index (κ2) is 7.68. The standard InChI is InChI=1S/C16H19N5S2/c1-12-10-22-15(19-12)13(7-17)8-18-16-20-14(11-23-16)9-21-5-3-2-4-6-21/h8,10-11H,2-6,9H2,1H3,(H,18,20)/b13-8+. The van der Waals surface area contributed by atoms with E-state index < -0.39 is 0 Å². The maximum atomic E-state index is 9.27. The van der Waals surface area contributed by atoms with Crippen LogP contribution in [0.4, 0.5) is 5.13 Å². The van der Waals surface area contributed by atoms with Crippen molar-refractivity contribution in [3.63, 3.8) is 0 Å². The van der Waals surface area contributed by atoms with Crippen molar-refractivity contribution in [1.82, 2.24) is 14.9 Å². The lowest BCUT2D eigenvalue weighted by atomic mass is 10.1. The van der Waals surface area contributed by atoms with Crippen LogP contribution in [0.5, 0.6) is 0 Å². The summed E-state index contributed by atoms with van der Waals surface area (Å²) in [5.74, 6) is 0. The van der Waals surface area contributed by atoms with Gasteiger partial charge in [-0.1, -0.05) is 6.42 Å². The number of anilines is 1. The summed E-state index contributed by atoms with van der Waals surface area (Å²) in [6.45, 7) is 5.18. The number of aryl methyl sites for hydroxylation is 1. The van der Waals surface area contributed by atoms with Crippen molar-refractivity contribution in [2.45, 2.75) is 32.7 Å². The van der Waals surface area contributed by atoms with Crippen molar-refractivity contribution < 1.29 is 0 Å². The van der Waals surface area contributed by atoms with Crippen LogP contribution >= 0.6 is 22.7 Å². The molecule has 1 N–H and O–H groups in total. The molecule has 1 fully saturated rings. The summed E-state index contributed by atoms with van der Waals surface area (Å²) in [6.07, 6.45) is 5.62. The number of hydrogen-bond acceptors (Lipinski definition) is 7. The van der Waals surface area contributed by atoms with E-state index in [9.17, 15) is 5.26 Å². The number of thiazole rings is 2. The van der Waals surface area contributed by atoms with Gasteiger partial charge in [-0.15, -0.1) is 22.7 Å². The predicted octanol–water partition coefficient (Wildman–Crippen LogP) is 3.87. The largest absolute Gasteiger partial charge is 0.337 e. The molecule has 120 valence electrons. The molecule has 7 heteroatoms. The summed E-state index contributed by atoms with van der Waals surface area (Å²) in [4.78, 5) is 11.4. The van der Waals surface area contributed by atoms with E-state index in [1.165, 1.54) is 43.7 Å². The summed E-state index contributed by atoms with van der Waals surface area (Å²) in [7, 11) is 0. The molecular weight excluding hydrogens is 326 g/mol. The van der Waals surface area contributed by atoms with Gasteiger partial charge in [0.05, 0.1) is 5.69 Å². The Bertz CT molecular complexity index is 719. The van der Waals surface area contributed by atoms with Crippen LogP contribution in [0.3, 0.4) is 0 Å². The minimum atomic E-state index is 0.538. The molecule has 0 unspecified atom stereocenters. The third kappa shape index (κ3) is 4.38. The fourth-order valence-electron chi connectivity index (χ4n) is 2.55. The Morgan fingerprint density at radius 3 is 2.83 bits per heavy atom. The van der Waals surface area contributed by atoms with Gasteiger partial charge < -0.3 is 5.32 Å². The lowest BCUT2D eigenvalue weighted by Gasteiger charge is -2.25. The number of likely N-dealkylation sites (tertiary alicyclic amines) is 1. The van der Waals surface area contributed by atoms with Gasteiger partial charge in [-0.3, -0.25) is 4.90 Å². The third-order valence-electron chi connectivity index (χ3n) is 3.70. The molecule has 1 saturated heterocycles. The molecule has 1 aliphatic heterocycles. The van der Waals surface area contributed by atoms with E-state index in [1.807, 2.05) is 12.3 Å². The first kappa shape index (κ1) is 16.1. The lowest BCUT2D eigenvalue weighted by molar-refractivity contribution is 0.219. The number of rotatable bonds is 5. The number of nitrogens with one attached hydrogen (secondary N) is 1. The second-order valence-electron chi connectivity index (χ2n) is 5.59. The summed E-state index contributed by atoms with van der Waals surface area (Å²) < 4.78 is 0. The molecule has 0 amide bonds. The quantitative estimate of drug-likeness (QED) is 0.833. The maximum absolute atomic E-state index is 9.27. The highest BCUT2D eigenvalue weighted by atomic mass is 32.1. The van der Waals surface area contributed by atoms with Crippen LogP contribution in [0.25, 0.3) is 5.57 Å². The van der Waals surface area contributed by atoms with E-state index in [4.69, 9.17) is 0 Å². The van der Waals surface area contributed by atoms with E-state index in [0.29, 0.717) is 5.57 Å². The van der Waals surface area contributed by atoms with Gasteiger partial charge in [0, 0.05) is 29.2 Å². The van der Waals surface area contributed by atoms with Crippen LogP contribution in [0.15, 0.2) is 17.0 Å². The van der Waals surface area contributed by atoms with E-state index in [1.54, 1.807) is 17.5 Å². The molecule has 0 aliphatic carbocycles. The van der Waals surface area contributed by atoms with Crippen LogP contribution in [0.1, 0.15) is 35.7 Å². The lowest BCUT2D eigenvalue weighted by Crippen LogP contribution is -2.29. The Morgan fingerprint density at radius 2 is 2.13 bits per heavy atom.